The second kappa shape index (κ2) is 6.84. The van der Waals surface area contributed by atoms with Gasteiger partial charge in [-0.05, 0) is 25.5 Å². The van der Waals surface area contributed by atoms with E-state index in [9.17, 15) is 0 Å². The Bertz CT molecular complexity index is 809. The monoisotopic (exact) mass is 339 g/mol. The van der Waals surface area contributed by atoms with Crippen molar-refractivity contribution in [1.29, 1.82) is 0 Å². The number of H-pyrrole nitrogens is 1. The van der Waals surface area contributed by atoms with Gasteiger partial charge in [-0.1, -0.05) is 19.1 Å². The van der Waals surface area contributed by atoms with Gasteiger partial charge in [0.15, 0.2) is 0 Å². The van der Waals surface area contributed by atoms with Gasteiger partial charge in [-0.2, -0.15) is 0 Å². The quantitative estimate of drug-likeness (QED) is 0.772. The minimum absolute atomic E-state index is 0.870. The Morgan fingerprint density at radius 2 is 1.88 bits per heavy atom. The minimum Gasteiger partial charge on any atom is -0.340 e. The molecule has 25 heavy (non-hydrogen) atoms. The summed E-state index contributed by atoms with van der Waals surface area (Å²) in [6, 6.07) is 8.19. The molecule has 4 rings (SSSR count). The maximum Gasteiger partial charge on any atom is 0.203 e. The van der Waals surface area contributed by atoms with Crippen LogP contribution < -0.4 is 4.90 Å². The van der Waals surface area contributed by atoms with Crippen molar-refractivity contribution >= 4 is 17.0 Å². The topological polar surface area (TPSA) is 65.9 Å². The van der Waals surface area contributed by atoms with Gasteiger partial charge in [0.05, 0.1) is 17.6 Å². The molecular weight excluding hydrogens is 314 g/mol. The molecule has 0 saturated carbocycles. The average Bonchev–Trinajstić information content (AvgIpc) is 3.21. The molecule has 0 atom stereocenters. The maximum absolute atomic E-state index is 4.71. The first kappa shape index (κ1) is 16.1. The van der Waals surface area contributed by atoms with Gasteiger partial charge in [-0.3, -0.25) is 4.90 Å². The Kier molecular flexibility index (Phi) is 4.40. The lowest BCUT2D eigenvalue weighted by molar-refractivity contribution is 0.239. The van der Waals surface area contributed by atoms with Gasteiger partial charge < -0.3 is 14.5 Å². The summed E-state index contributed by atoms with van der Waals surface area (Å²) in [5.74, 6) is 3.07. The molecular formula is C18H25N7. The van der Waals surface area contributed by atoms with Crippen LogP contribution in [0.15, 0.2) is 24.3 Å². The molecule has 0 amide bonds. The van der Waals surface area contributed by atoms with E-state index in [-0.39, 0.29) is 0 Å². The van der Waals surface area contributed by atoms with Crippen molar-refractivity contribution in [3.05, 3.63) is 35.9 Å². The first-order valence-electron chi connectivity index (χ1n) is 9.05. The fraction of sp³-hybridized carbons (Fsp3) is 0.500. The smallest absolute Gasteiger partial charge is 0.203 e. The normalized spacial score (nSPS) is 16.0. The number of benzene rings is 1. The Hall–Kier alpha value is -2.41. The molecule has 0 aliphatic carbocycles. The highest BCUT2D eigenvalue weighted by Gasteiger charge is 2.21. The maximum atomic E-state index is 4.71. The molecule has 3 heterocycles. The van der Waals surface area contributed by atoms with Gasteiger partial charge in [0, 0.05) is 32.7 Å². The van der Waals surface area contributed by atoms with Gasteiger partial charge in [-0.15, -0.1) is 10.2 Å². The summed E-state index contributed by atoms with van der Waals surface area (Å²) in [5.41, 5.74) is 2.13. The number of aromatic nitrogens is 5. The standard InChI is InChI=1S/C18H25N7/c1-3-8-25-14(2)21-22-17(25)13-23-9-11-24(12-10-23)18-19-15-6-4-5-7-16(15)20-18/h4-7H,3,8-13H2,1-2H3,(H,19,20). The lowest BCUT2D eigenvalue weighted by Crippen LogP contribution is -2.46. The second-order valence-corrected chi connectivity index (χ2v) is 6.66. The highest BCUT2D eigenvalue weighted by molar-refractivity contribution is 5.77. The molecule has 0 bridgehead atoms. The third-order valence-electron chi connectivity index (χ3n) is 4.87. The first-order chi connectivity index (χ1) is 12.2. The van der Waals surface area contributed by atoms with E-state index in [1.54, 1.807) is 0 Å². The number of para-hydroxylation sites is 2. The number of anilines is 1. The zero-order chi connectivity index (χ0) is 17.2. The number of imidazole rings is 1. The van der Waals surface area contributed by atoms with Crippen LogP contribution >= 0.6 is 0 Å². The molecule has 1 fully saturated rings. The Balaban J connectivity index is 1.40. The minimum atomic E-state index is 0.870. The zero-order valence-electron chi connectivity index (χ0n) is 14.9. The molecule has 1 aromatic carbocycles. The number of nitrogens with zero attached hydrogens (tertiary/aromatic N) is 6. The van der Waals surface area contributed by atoms with Crippen molar-refractivity contribution in [3.63, 3.8) is 0 Å². The number of piperazine rings is 1. The van der Waals surface area contributed by atoms with Crippen molar-refractivity contribution in [2.75, 3.05) is 31.1 Å². The van der Waals surface area contributed by atoms with E-state index in [0.29, 0.717) is 0 Å². The van der Waals surface area contributed by atoms with Crippen LogP contribution in [-0.2, 0) is 13.1 Å². The zero-order valence-corrected chi connectivity index (χ0v) is 14.9. The number of hydrogen-bond acceptors (Lipinski definition) is 5. The largest absolute Gasteiger partial charge is 0.340 e. The van der Waals surface area contributed by atoms with Gasteiger partial charge in [0.25, 0.3) is 0 Å². The number of nitrogens with one attached hydrogen (secondary N) is 1. The van der Waals surface area contributed by atoms with Crippen molar-refractivity contribution < 1.29 is 0 Å². The molecule has 0 radical (unpaired) electrons. The molecule has 1 aliphatic rings. The number of fused-ring (bicyclic) bond motifs is 1. The molecule has 1 aliphatic heterocycles. The predicted octanol–water partition coefficient (Wildman–Crippen LogP) is 2.20. The summed E-state index contributed by atoms with van der Waals surface area (Å²) < 4.78 is 2.24. The van der Waals surface area contributed by atoms with Crippen molar-refractivity contribution in [2.45, 2.75) is 33.4 Å². The summed E-state index contributed by atoms with van der Waals surface area (Å²) in [4.78, 5) is 12.9. The van der Waals surface area contributed by atoms with Crippen molar-refractivity contribution in [2.24, 2.45) is 0 Å². The SMILES string of the molecule is CCCn1c(C)nnc1CN1CCN(c2nc3ccccc3[nH]2)CC1. The molecule has 3 aromatic rings. The Labute approximate surface area is 147 Å². The van der Waals surface area contributed by atoms with Crippen LogP contribution in [-0.4, -0.2) is 55.8 Å². The van der Waals surface area contributed by atoms with Crippen LogP contribution in [0.4, 0.5) is 5.95 Å². The summed E-state index contributed by atoms with van der Waals surface area (Å²) >= 11 is 0. The lowest BCUT2D eigenvalue weighted by Gasteiger charge is -2.34. The van der Waals surface area contributed by atoms with Gasteiger partial charge >= 0.3 is 0 Å². The molecule has 1 N–H and O–H groups in total. The van der Waals surface area contributed by atoms with Crippen LogP contribution in [0.1, 0.15) is 25.0 Å². The Morgan fingerprint density at radius 1 is 1.08 bits per heavy atom. The highest BCUT2D eigenvalue weighted by Crippen LogP contribution is 2.19. The third kappa shape index (κ3) is 3.24. The second-order valence-electron chi connectivity index (χ2n) is 6.66. The fourth-order valence-corrected chi connectivity index (χ4v) is 3.46. The van der Waals surface area contributed by atoms with E-state index >= 15 is 0 Å². The molecule has 2 aromatic heterocycles. The highest BCUT2D eigenvalue weighted by atomic mass is 15.3. The number of rotatable bonds is 5. The molecule has 0 spiro atoms. The first-order valence-corrected chi connectivity index (χ1v) is 9.05. The van der Waals surface area contributed by atoms with Crippen LogP contribution in [0.5, 0.6) is 0 Å². The summed E-state index contributed by atoms with van der Waals surface area (Å²) in [6.07, 6.45) is 1.10. The Morgan fingerprint density at radius 3 is 2.64 bits per heavy atom. The molecule has 7 heteroatoms. The van der Waals surface area contributed by atoms with Crippen LogP contribution in [0.25, 0.3) is 11.0 Å². The predicted molar refractivity (Wildman–Crippen MR) is 98.6 cm³/mol. The lowest BCUT2D eigenvalue weighted by atomic mass is 10.3. The van der Waals surface area contributed by atoms with Crippen molar-refractivity contribution in [3.8, 4) is 0 Å². The van der Waals surface area contributed by atoms with Crippen LogP contribution in [0.2, 0.25) is 0 Å². The van der Waals surface area contributed by atoms with E-state index in [4.69, 9.17) is 4.98 Å². The number of hydrogen-bond donors (Lipinski definition) is 1. The molecule has 7 nitrogen and oxygen atoms in total. The summed E-state index contributed by atoms with van der Waals surface area (Å²) in [7, 11) is 0. The van der Waals surface area contributed by atoms with E-state index in [1.165, 1.54) is 0 Å². The number of aromatic amines is 1. The van der Waals surface area contributed by atoms with E-state index in [0.717, 1.165) is 74.3 Å². The average molecular weight is 339 g/mol. The summed E-state index contributed by atoms with van der Waals surface area (Å²) in [5, 5.41) is 8.62. The fourth-order valence-electron chi connectivity index (χ4n) is 3.46. The third-order valence-corrected chi connectivity index (χ3v) is 4.87. The number of aryl methyl sites for hydroxylation is 1. The van der Waals surface area contributed by atoms with Gasteiger partial charge in [0.2, 0.25) is 5.95 Å². The molecule has 132 valence electrons. The van der Waals surface area contributed by atoms with E-state index in [1.807, 2.05) is 19.1 Å². The molecule has 0 unspecified atom stereocenters. The summed E-state index contributed by atoms with van der Waals surface area (Å²) in [6.45, 7) is 10.1. The van der Waals surface area contributed by atoms with E-state index in [2.05, 4.69) is 48.6 Å². The van der Waals surface area contributed by atoms with Crippen LogP contribution in [0, 0.1) is 6.92 Å². The van der Waals surface area contributed by atoms with Gasteiger partial charge in [-0.25, -0.2) is 4.98 Å². The van der Waals surface area contributed by atoms with Crippen LogP contribution in [0.3, 0.4) is 0 Å². The van der Waals surface area contributed by atoms with E-state index < -0.39 is 0 Å². The van der Waals surface area contributed by atoms with Crippen molar-refractivity contribution in [1.82, 2.24) is 29.6 Å². The molecule has 1 saturated heterocycles. The van der Waals surface area contributed by atoms with Gasteiger partial charge in [0.1, 0.15) is 11.6 Å².